The molecule has 1 aromatic heterocycles. The molecule has 0 aliphatic carbocycles. The van der Waals surface area contributed by atoms with Crippen molar-refractivity contribution < 1.29 is 0 Å². The Hall–Kier alpha value is -2.00. The molecule has 0 aliphatic heterocycles. The lowest BCUT2D eigenvalue weighted by Gasteiger charge is -2.11. The van der Waals surface area contributed by atoms with Gasteiger partial charge < -0.3 is 0 Å². The number of nitrogens with zero attached hydrogens (tertiary/aromatic N) is 4. The van der Waals surface area contributed by atoms with Gasteiger partial charge in [-0.1, -0.05) is 53.2 Å². The summed E-state index contributed by atoms with van der Waals surface area (Å²) in [6, 6.07) is 17.4. The third-order valence-electron chi connectivity index (χ3n) is 3.48. The molecule has 0 radical (unpaired) electrons. The zero-order valence-corrected chi connectivity index (χ0v) is 15.5. The van der Waals surface area contributed by atoms with E-state index in [9.17, 15) is 0 Å². The van der Waals surface area contributed by atoms with Crippen molar-refractivity contribution in [1.29, 1.82) is 5.26 Å². The normalized spacial score (nSPS) is 10.6. The van der Waals surface area contributed by atoms with E-state index in [2.05, 4.69) is 16.3 Å². The van der Waals surface area contributed by atoms with Crippen LogP contribution in [0.5, 0.6) is 0 Å². The summed E-state index contributed by atoms with van der Waals surface area (Å²) in [4.78, 5) is 0. The number of thioether (sulfide) groups is 1. The van der Waals surface area contributed by atoms with E-state index < -0.39 is 0 Å². The number of hydrogen-bond donors (Lipinski definition) is 0. The quantitative estimate of drug-likeness (QED) is 0.405. The molecule has 3 rings (SSSR count). The molecule has 4 nitrogen and oxygen atoms in total. The first kappa shape index (κ1) is 17.8. The van der Waals surface area contributed by atoms with Crippen molar-refractivity contribution >= 4 is 35.0 Å². The van der Waals surface area contributed by atoms with Crippen LogP contribution in [0.25, 0.3) is 17.1 Å². The lowest BCUT2D eigenvalue weighted by atomic mass is 10.2. The van der Waals surface area contributed by atoms with Crippen molar-refractivity contribution in [2.45, 2.75) is 18.0 Å². The highest BCUT2D eigenvalue weighted by atomic mass is 35.5. The first-order chi connectivity index (χ1) is 12.2. The van der Waals surface area contributed by atoms with Gasteiger partial charge >= 0.3 is 0 Å². The van der Waals surface area contributed by atoms with E-state index in [4.69, 9.17) is 28.5 Å². The molecular weight excluding hydrogens is 375 g/mol. The molecule has 0 aliphatic rings. The highest BCUT2D eigenvalue weighted by Gasteiger charge is 2.18. The summed E-state index contributed by atoms with van der Waals surface area (Å²) in [6.45, 7) is 0. The van der Waals surface area contributed by atoms with E-state index in [1.165, 1.54) is 0 Å². The fourth-order valence-corrected chi connectivity index (χ4v) is 3.72. The fraction of sp³-hybridized carbons (Fsp3) is 0.167. The molecule has 126 valence electrons. The second kappa shape index (κ2) is 8.39. The molecule has 0 atom stereocenters. The van der Waals surface area contributed by atoms with Crippen molar-refractivity contribution in [3.63, 3.8) is 0 Å². The highest BCUT2D eigenvalue weighted by Crippen LogP contribution is 2.33. The van der Waals surface area contributed by atoms with Crippen molar-refractivity contribution in [2.75, 3.05) is 5.75 Å². The number of unbranched alkanes of at least 4 members (excludes halogenated alkanes) is 1. The number of rotatable bonds is 6. The van der Waals surface area contributed by atoms with Gasteiger partial charge in [-0.15, -0.1) is 10.2 Å². The van der Waals surface area contributed by atoms with Crippen LogP contribution in [0.2, 0.25) is 10.0 Å². The van der Waals surface area contributed by atoms with Gasteiger partial charge in [0.15, 0.2) is 11.0 Å². The smallest absolute Gasteiger partial charge is 0.196 e. The highest BCUT2D eigenvalue weighted by molar-refractivity contribution is 7.99. The number of hydrogen-bond acceptors (Lipinski definition) is 4. The Morgan fingerprint density at radius 3 is 2.60 bits per heavy atom. The van der Waals surface area contributed by atoms with Crippen LogP contribution in [0.1, 0.15) is 12.8 Å². The topological polar surface area (TPSA) is 54.5 Å². The molecular formula is C18H14Cl2N4S. The molecule has 0 fully saturated rings. The fourth-order valence-electron chi connectivity index (χ4n) is 2.33. The first-order valence-electron chi connectivity index (χ1n) is 7.66. The van der Waals surface area contributed by atoms with Gasteiger partial charge in [-0.25, -0.2) is 0 Å². The summed E-state index contributed by atoms with van der Waals surface area (Å²) in [6.07, 6.45) is 1.34. The van der Waals surface area contributed by atoms with E-state index in [-0.39, 0.29) is 0 Å². The minimum absolute atomic E-state index is 0.526. The SMILES string of the molecule is N#CCCCSc1nnc(-c2ccc(Cl)cc2Cl)n1-c1ccccc1. The molecule has 0 bridgehead atoms. The minimum Gasteiger partial charge on any atom is -0.270 e. The largest absolute Gasteiger partial charge is 0.270 e. The predicted octanol–water partition coefficient (Wildman–Crippen LogP) is 5.64. The minimum atomic E-state index is 0.526. The molecule has 0 unspecified atom stereocenters. The predicted molar refractivity (Wildman–Crippen MR) is 102 cm³/mol. The van der Waals surface area contributed by atoms with Crippen LogP contribution in [-0.2, 0) is 0 Å². The molecule has 2 aromatic carbocycles. The molecule has 0 N–H and O–H groups in total. The average molecular weight is 389 g/mol. The summed E-state index contributed by atoms with van der Waals surface area (Å²) in [5.41, 5.74) is 1.72. The van der Waals surface area contributed by atoms with Crippen LogP contribution in [0.15, 0.2) is 53.7 Å². The van der Waals surface area contributed by atoms with Crippen LogP contribution in [0.3, 0.4) is 0 Å². The van der Waals surface area contributed by atoms with E-state index in [0.29, 0.717) is 22.3 Å². The number of benzene rings is 2. The maximum absolute atomic E-state index is 8.68. The van der Waals surface area contributed by atoms with Gasteiger partial charge in [0, 0.05) is 28.4 Å². The summed E-state index contributed by atoms with van der Waals surface area (Å²) in [5.74, 6) is 1.46. The third kappa shape index (κ3) is 4.16. The molecule has 3 aromatic rings. The van der Waals surface area contributed by atoms with Gasteiger partial charge in [0.1, 0.15) is 0 Å². The van der Waals surface area contributed by atoms with Gasteiger partial charge in [-0.3, -0.25) is 4.57 Å². The van der Waals surface area contributed by atoms with Crippen LogP contribution in [0.4, 0.5) is 0 Å². The molecule has 0 amide bonds. The van der Waals surface area contributed by atoms with Gasteiger partial charge in [0.05, 0.1) is 11.1 Å². The summed E-state index contributed by atoms with van der Waals surface area (Å²) in [7, 11) is 0. The van der Waals surface area contributed by atoms with Crippen molar-refractivity contribution in [1.82, 2.24) is 14.8 Å². The zero-order valence-electron chi connectivity index (χ0n) is 13.2. The number of aromatic nitrogens is 3. The lowest BCUT2D eigenvalue weighted by Crippen LogP contribution is -2.00. The second-order valence-electron chi connectivity index (χ2n) is 5.21. The Kier molecular flexibility index (Phi) is 5.98. The van der Waals surface area contributed by atoms with Crippen molar-refractivity contribution in [2.24, 2.45) is 0 Å². The van der Waals surface area contributed by atoms with Gasteiger partial charge in [-0.2, -0.15) is 5.26 Å². The van der Waals surface area contributed by atoms with Gasteiger partial charge in [-0.05, 0) is 36.8 Å². The molecule has 7 heteroatoms. The molecule has 0 spiro atoms. The van der Waals surface area contributed by atoms with E-state index in [1.54, 1.807) is 23.9 Å². The third-order valence-corrected chi connectivity index (χ3v) is 5.05. The van der Waals surface area contributed by atoms with Crippen LogP contribution in [-0.4, -0.2) is 20.5 Å². The van der Waals surface area contributed by atoms with Crippen molar-refractivity contribution in [3.8, 4) is 23.1 Å². The summed E-state index contributed by atoms with van der Waals surface area (Å²) in [5, 5.41) is 19.2. The van der Waals surface area contributed by atoms with E-state index in [1.807, 2.05) is 41.0 Å². The Morgan fingerprint density at radius 2 is 1.88 bits per heavy atom. The molecule has 1 heterocycles. The molecule has 25 heavy (non-hydrogen) atoms. The molecule has 0 saturated heterocycles. The van der Waals surface area contributed by atoms with Crippen LogP contribution >= 0.6 is 35.0 Å². The van der Waals surface area contributed by atoms with Gasteiger partial charge in [0.25, 0.3) is 0 Å². The van der Waals surface area contributed by atoms with E-state index in [0.717, 1.165) is 28.6 Å². The number of para-hydroxylation sites is 1. The zero-order chi connectivity index (χ0) is 17.6. The Bertz CT molecular complexity index is 903. The second-order valence-corrected chi connectivity index (χ2v) is 7.12. The standard InChI is InChI=1S/C18H14Cl2N4S/c19-13-8-9-15(16(20)12-13)17-22-23-18(25-11-5-4-10-21)24(17)14-6-2-1-3-7-14/h1-3,6-9,12H,4-5,11H2. The Labute approximate surface area is 160 Å². The summed E-state index contributed by atoms with van der Waals surface area (Å²) < 4.78 is 1.98. The Balaban J connectivity index is 2.04. The maximum Gasteiger partial charge on any atom is 0.196 e. The first-order valence-corrected chi connectivity index (χ1v) is 9.41. The van der Waals surface area contributed by atoms with Crippen LogP contribution in [0, 0.1) is 11.3 Å². The lowest BCUT2D eigenvalue weighted by molar-refractivity contribution is 0.880. The molecule has 0 saturated carbocycles. The van der Waals surface area contributed by atoms with E-state index >= 15 is 0 Å². The van der Waals surface area contributed by atoms with Crippen molar-refractivity contribution in [3.05, 3.63) is 58.6 Å². The Morgan fingerprint density at radius 1 is 1.08 bits per heavy atom. The number of halogens is 2. The summed E-state index contributed by atoms with van der Waals surface area (Å²) >= 11 is 14.0. The van der Waals surface area contributed by atoms with Gasteiger partial charge in [0.2, 0.25) is 0 Å². The average Bonchev–Trinajstić information content (AvgIpc) is 3.03. The number of nitriles is 1. The van der Waals surface area contributed by atoms with Crippen LogP contribution < -0.4 is 0 Å². The monoisotopic (exact) mass is 388 g/mol. The maximum atomic E-state index is 8.68.